The lowest BCUT2D eigenvalue weighted by Crippen LogP contribution is -2.12. The van der Waals surface area contributed by atoms with E-state index in [1.165, 1.54) is 12.8 Å². The number of nitrogens with two attached hydrogens (primary N) is 1. The third-order valence-corrected chi connectivity index (χ3v) is 3.53. The van der Waals surface area contributed by atoms with Crippen LogP contribution in [-0.2, 0) is 13.0 Å². The van der Waals surface area contributed by atoms with Crippen LogP contribution in [-0.4, -0.2) is 27.9 Å². The number of nitrogens with one attached hydrogen (secondary N) is 1. The van der Waals surface area contributed by atoms with E-state index in [2.05, 4.69) is 40.9 Å². The van der Waals surface area contributed by atoms with E-state index < -0.39 is 0 Å². The largest absolute Gasteiger partial charge is 0.355 e. The van der Waals surface area contributed by atoms with Gasteiger partial charge in [0.15, 0.2) is 0 Å². The molecule has 0 radical (unpaired) electrons. The molecule has 0 amide bonds. The van der Waals surface area contributed by atoms with Crippen LogP contribution in [0.15, 0.2) is 0 Å². The number of hydrogen-bond acceptors (Lipinski definition) is 4. The number of nitrogens with zero attached hydrogens (tertiary/aromatic N) is 3. The van der Waals surface area contributed by atoms with E-state index >= 15 is 0 Å². The van der Waals surface area contributed by atoms with Crippen LogP contribution in [0.2, 0.25) is 0 Å². The molecule has 0 aliphatic rings. The van der Waals surface area contributed by atoms with Crippen molar-refractivity contribution in [1.82, 2.24) is 14.8 Å². The van der Waals surface area contributed by atoms with Gasteiger partial charge in [-0.3, -0.25) is 4.57 Å². The molecule has 0 aliphatic heterocycles. The van der Waals surface area contributed by atoms with Crippen molar-refractivity contribution in [3.05, 3.63) is 5.82 Å². The molecule has 0 saturated carbocycles. The Morgan fingerprint density at radius 2 is 1.95 bits per heavy atom. The van der Waals surface area contributed by atoms with Crippen LogP contribution in [0.4, 0.5) is 5.95 Å². The SMILES string of the molecule is CCCC(CCN)CCc1nnc(NCC)n1CC. The molecule has 1 atom stereocenters. The highest BCUT2D eigenvalue weighted by atomic mass is 15.3. The summed E-state index contributed by atoms with van der Waals surface area (Å²) >= 11 is 0. The van der Waals surface area contributed by atoms with Crippen molar-refractivity contribution in [3.8, 4) is 0 Å². The summed E-state index contributed by atoms with van der Waals surface area (Å²) in [4.78, 5) is 0. The van der Waals surface area contributed by atoms with Gasteiger partial charge in [0.2, 0.25) is 5.95 Å². The van der Waals surface area contributed by atoms with E-state index in [1.54, 1.807) is 0 Å². The molecule has 1 aromatic rings. The van der Waals surface area contributed by atoms with Gasteiger partial charge < -0.3 is 11.1 Å². The second kappa shape index (κ2) is 8.91. The summed E-state index contributed by atoms with van der Waals surface area (Å²) in [5, 5.41) is 11.8. The molecule has 0 aliphatic carbocycles. The highest BCUT2D eigenvalue weighted by molar-refractivity contribution is 5.25. The van der Waals surface area contributed by atoms with Gasteiger partial charge in [-0.1, -0.05) is 19.8 Å². The third-order valence-electron chi connectivity index (χ3n) is 3.53. The molecular weight excluding hydrogens is 238 g/mol. The second-order valence-electron chi connectivity index (χ2n) is 4.99. The van der Waals surface area contributed by atoms with Crippen LogP contribution in [0.5, 0.6) is 0 Å². The normalized spacial score (nSPS) is 12.6. The van der Waals surface area contributed by atoms with Crippen LogP contribution < -0.4 is 11.1 Å². The highest BCUT2D eigenvalue weighted by Gasteiger charge is 2.13. The number of rotatable bonds is 10. The predicted octanol–water partition coefficient (Wildman–Crippen LogP) is 2.43. The predicted molar refractivity (Wildman–Crippen MR) is 80.3 cm³/mol. The van der Waals surface area contributed by atoms with Gasteiger partial charge in [-0.15, -0.1) is 10.2 Å². The van der Waals surface area contributed by atoms with Crippen molar-refractivity contribution in [3.63, 3.8) is 0 Å². The standard InChI is InChI=1S/C14H29N5/c1-4-7-12(10-11-15)8-9-13-17-18-14(16-5-2)19(13)6-3/h12H,4-11,15H2,1-3H3,(H,16,18). The van der Waals surface area contributed by atoms with Crippen molar-refractivity contribution in [2.24, 2.45) is 11.7 Å². The fourth-order valence-electron chi connectivity index (χ4n) is 2.55. The molecule has 0 spiro atoms. The van der Waals surface area contributed by atoms with E-state index in [1.807, 2.05) is 0 Å². The van der Waals surface area contributed by atoms with Gasteiger partial charge in [0, 0.05) is 19.5 Å². The Labute approximate surface area is 117 Å². The summed E-state index contributed by atoms with van der Waals surface area (Å²) in [6.45, 7) is 9.03. The Balaban J connectivity index is 2.60. The van der Waals surface area contributed by atoms with Gasteiger partial charge in [0.1, 0.15) is 5.82 Å². The van der Waals surface area contributed by atoms with Crippen LogP contribution in [0.3, 0.4) is 0 Å². The van der Waals surface area contributed by atoms with Crippen molar-refractivity contribution >= 4 is 5.95 Å². The topological polar surface area (TPSA) is 68.8 Å². The molecule has 5 nitrogen and oxygen atoms in total. The molecule has 1 heterocycles. The third kappa shape index (κ3) is 4.82. The molecule has 19 heavy (non-hydrogen) atoms. The first kappa shape index (κ1) is 16.0. The van der Waals surface area contributed by atoms with Crippen molar-refractivity contribution in [2.45, 2.75) is 59.4 Å². The Morgan fingerprint density at radius 1 is 1.16 bits per heavy atom. The Kier molecular flexibility index (Phi) is 7.48. The quantitative estimate of drug-likeness (QED) is 0.683. The number of aryl methyl sites for hydroxylation is 1. The lowest BCUT2D eigenvalue weighted by molar-refractivity contribution is 0.414. The molecule has 1 rings (SSSR count). The summed E-state index contributed by atoms with van der Waals surface area (Å²) in [7, 11) is 0. The molecule has 110 valence electrons. The first-order valence-electron chi connectivity index (χ1n) is 7.62. The second-order valence-corrected chi connectivity index (χ2v) is 4.99. The van der Waals surface area contributed by atoms with Crippen LogP contribution in [0, 0.1) is 5.92 Å². The number of anilines is 1. The van der Waals surface area contributed by atoms with Gasteiger partial charge in [-0.2, -0.15) is 0 Å². The molecule has 0 fully saturated rings. The Morgan fingerprint density at radius 3 is 2.53 bits per heavy atom. The monoisotopic (exact) mass is 267 g/mol. The Hall–Kier alpha value is -1.10. The molecule has 5 heteroatoms. The average Bonchev–Trinajstić information content (AvgIpc) is 2.79. The Bertz CT molecular complexity index is 342. The summed E-state index contributed by atoms with van der Waals surface area (Å²) in [5.41, 5.74) is 5.69. The molecule has 0 bridgehead atoms. The first-order chi connectivity index (χ1) is 9.26. The molecule has 0 aromatic carbocycles. The van der Waals surface area contributed by atoms with Crippen LogP contribution >= 0.6 is 0 Å². The zero-order chi connectivity index (χ0) is 14.1. The van der Waals surface area contributed by atoms with E-state index in [0.29, 0.717) is 0 Å². The van der Waals surface area contributed by atoms with E-state index in [4.69, 9.17) is 5.73 Å². The summed E-state index contributed by atoms with van der Waals surface area (Å²) in [6, 6.07) is 0. The lowest BCUT2D eigenvalue weighted by Gasteiger charge is -2.15. The van der Waals surface area contributed by atoms with E-state index in [0.717, 1.165) is 56.6 Å². The molecule has 0 saturated heterocycles. The maximum absolute atomic E-state index is 5.69. The molecule has 1 unspecified atom stereocenters. The van der Waals surface area contributed by atoms with Crippen molar-refractivity contribution < 1.29 is 0 Å². The zero-order valence-corrected chi connectivity index (χ0v) is 12.7. The van der Waals surface area contributed by atoms with Crippen LogP contribution in [0.25, 0.3) is 0 Å². The number of hydrogen-bond donors (Lipinski definition) is 2. The van der Waals surface area contributed by atoms with Crippen molar-refractivity contribution in [2.75, 3.05) is 18.4 Å². The summed E-state index contributed by atoms with van der Waals surface area (Å²) in [5.74, 6) is 2.71. The first-order valence-corrected chi connectivity index (χ1v) is 7.62. The molecule has 1 aromatic heterocycles. The molecular formula is C14H29N5. The van der Waals surface area contributed by atoms with Crippen LogP contribution in [0.1, 0.15) is 52.3 Å². The summed E-state index contributed by atoms with van der Waals surface area (Å²) in [6.07, 6.45) is 5.77. The fraction of sp³-hybridized carbons (Fsp3) is 0.857. The molecule has 3 N–H and O–H groups in total. The summed E-state index contributed by atoms with van der Waals surface area (Å²) < 4.78 is 2.18. The van der Waals surface area contributed by atoms with Gasteiger partial charge in [0.05, 0.1) is 0 Å². The minimum Gasteiger partial charge on any atom is -0.355 e. The van der Waals surface area contributed by atoms with E-state index in [9.17, 15) is 0 Å². The maximum Gasteiger partial charge on any atom is 0.224 e. The average molecular weight is 267 g/mol. The number of aromatic nitrogens is 3. The zero-order valence-electron chi connectivity index (χ0n) is 12.7. The minimum atomic E-state index is 0.722. The van der Waals surface area contributed by atoms with Gasteiger partial charge >= 0.3 is 0 Å². The fourth-order valence-corrected chi connectivity index (χ4v) is 2.55. The maximum atomic E-state index is 5.69. The lowest BCUT2D eigenvalue weighted by atomic mass is 9.94. The van der Waals surface area contributed by atoms with Gasteiger partial charge in [0.25, 0.3) is 0 Å². The smallest absolute Gasteiger partial charge is 0.224 e. The minimum absolute atomic E-state index is 0.722. The van der Waals surface area contributed by atoms with Crippen molar-refractivity contribution in [1.29, 1.82) is 0 Å². The van der Waals surface area contributed by atoms with Gasteiger partial charge in [-0.05, 0) is 39.2 Å². The van der Waals surface area contributed by atoms with Gasteiger partial charge in [-0.25, -0.2) is 0 Å². The van der Waals surface area contributed by atoms with E-state index in [-0.39, 0.29) is 0 Å². The highest BCUT2D eigenvalue weighted by Crippen LogP contribution is 2.18.